The number of nitrogens with zero attached hydrogens (tertiary/aromatic N) is 4. The molecule has 3 heterocycles. The van der Waals surface area contributed by atoms with Crippen molar-refractivity contribution in [1.82, 2.24) is 19.9 Å². The van der Waals surface area contributed by atoms with E-state index in [1.807, 2.05) is 23.2 Å². The molecule has 1 aliphatic rings. The maximum absolute atomic E-state index is 5.56. The molecular formula is C14H21N5O. The molecule has 0 amide bonds. The summed E-state index contributed by atoms with van der Waals surface area (Å²) in [5.41, 5.74) is 7.67. The Bertz CT molecular complexity index is 521. The van der Waals surface area contributed by atoms with Gasteiger partial charge < -0.3 is 10.2 Å². The molecule has 1 unspecified atom stereocenters. The summed E-state index contributed by atoms with van der Waals surface area (Å²) in [6.07, 6.45) is 8.00. The Kier molecular flexibility index (Phi) is 4.13. The van der Waals surface area contributed by atoms with Crippen molar-refractivity contribution >= 4 is 0 Å². The second-order valence-electron chi connectivity index (χ2n) is 5.51. The summed E-state index contributed by atoms with van der Waals surface area (Å²) in [7, 11) is 0. The van der Waals surface area contributed by atoms with Crippen molar-refractivity contribution < 1.29 is 4.42 Å². The van der Waals surface area contributed by atoms with Crippen LogP contribution in [0.5, 0.6) is 0 Å². The van der Waals surface area contributed by atoms with Crippen molar-refractivity contribution in [3.05, 3.63) is 36.0 Å². The van der Waals surface area contributed by atoms with Gasteiger partial charge in [0, 0.05) is 37.9 Å². The molecule has 0 radical (unpaired) electrons. The molecule has 2 aromatic heterocycles. The molecular weight excluding hydrogens is 254 g/mol. The van der Waals surface area contributed by atoms with Crippen molar-refractivity contribution in [3.8, 4) is 0 Å². The standard InChI is InChI=1S/C14H21N5O/c15-6-14-10-19(17-16-14)9-12-2-1-4-18(7-12)8-13-3-5-20-11-13/h3,5,10-12H,1-2,4,6-9,15H2. The molecule has 0 aromatic carbocycles. The first-order valence-corrected chi connectivity index (χ1v) is 7.16. The van der Waals surface area contributed by atoms with Crippen LogP contribution in [0.3, 0.4) is 0 Å². The van der Waals surface area contributed by atoms with Crippen LogP contribution in [0.1, 0.15) is 24.1 Å². The van der Waals surface area contributed by atoms with Crippen LogP contribution < -0.4 is 5.73 Å². The highest BCUT2D eigenvalue weighted by atomic mass is 16.3. The third-order valence-electron chi connectivity index (χ3n) is 3.83. The minimum atomic E-state index is 0.456. The quantitative estimate of drug-likeness (QED) is 0.889. The molecule has 6 nitrogen and oxygen atoms in total. The first kappa shape index (κ1) is 13.3. The van der Waals surface area contributed by atoms with Gasteiger partial charge in [-0.25, -0.2) is 0 Å². The highest BCUT2D eigenvalue weighted by Crippen LogP contribution is 2.20. The highest BCUT2D eigenvalue weighted by Gasteiger charge is 2.21. The monoisotopic (exact) mass is 275 g/mol. The van der Waals surface area contributed by atoms with Gasteiger partial charge in [0.2, 0.25) is 0 Å². The number of likely N-dealkylation sites (tertiary alicyclic amines) is 1. The summed E-state index contributed by atoms with van der Waals surface area (Å²) < 4.78 is 7.06. The number of nitrogens with two attached hydrogens (primary N) is 1. The maximum atomic E-state index is 5.56. The molecule has 0 bridgehead atoms. The Morgan fingerprint density at radius 1 is 1.45 bits per heavy atom. The average Bonchev–Trinajstić information content (AvgIpc) is 3.11. The van der Waals surface area contributed by atoms with E-state index in [9.17, 15) is 0 Å². The van der Waals surface area contributed by atoms with Gasteiger partial charge in [0.25, 0.3) is 0 Å². The topological polar surface area (TPSA) is 73.1 Å². The Morgan fingerprint density at radius 2 is 2.40 bits per heavy atom. The number of piperidine rings is 1. The molecule has 1 fully saturated rings. The van der Waals surface area contributed by atoms with Gasteiger partial charge in [-0.05, 0) is 31.4 Å². The third-order valence-corrected chi connectivity index (χ3v) is 3.83. The van der Waals surface area contributed by atoms with E-state index in [1.54, 1.807) is 6.26 Å². The first-order chi connectivity index (χ1) is 9.83. The normalized spacial score (nSPS) is 20.4. The molecule has 1 aliphatic heterocycles. The molecule has 2 aromatic rings. The molecule has 1 atom stereocenters. The summed E-state index contributed by atoms with van der Waals surface area (Å²) in [6.45, 7) is 4.61. The summed E-state index contributed by atoms with van der Waals surface area (Å²) in [5, 5.41) is 8.18. The van der Waals surface area contributed by atoms with Crippen molar-refractivity contribution in [3.63, 3.8) is 0 Å². The van der Waals surface area contributed by atoms with E-state index in [0.717, 1.165) is 31.9 Å². The summed E-state index contributed by atoms with van der Waals surface area (Å²) in [6, 6.07) is 2.04. The number of rotatable bonds is 5. The number of hydrogen-bond acceptors (Lipinski definition) is 5. The Balaban J connectivity index is 1.54. The SMILES string of the molecule is NCc1cn(CC2CCCN(Cc3ccoc3)C2)nn1. The predicted octanol–water partition coefficient (Wildman–Crippen LogP) is 1.24. The van der Waals surface area contributed by atoms with Crippen molar-refractivity contribution in [1.29, 1.82) is 0 Å². The van der Waals surface area contributed by atoms with Gasteiger partial charge in [-0.1, -0.05) is 5.21 Å². The second kappa shape index (κ2) is 6.19. The van der Waals surface area contributed by atoms with Gasteiger partial charge in [0.05, 0.1) is 18.2 Å². The largest absolute Gasteiger partial charge is 0.472 e. The van der Waals surface area contributed by atoms with E-state index in [2.05, 4.69) is 15.2 Å². The van der Waals surface area contributed by atoms with Crippen LogP contribution in [0.25, 0.3) is 0 Å². The minimum absolute atomic E-state index is 0.456. The van der Waals surface area contributed by atoms with E-state index >= 15 is 0 Å². The molecule has 0 spiro atoms. The number of aromatic nitrogens is 3. The fourth-order valence-corrected chi connectivity index (χ4v) is 2.87. The molecule has 20 heavy (non-hydrogen) atoms. The molecule has 0 aliphatic carbocycles. The lowest BCUT2D eigenvalue weighted by atomic mass is 9.98. The zero-order valence-corrected chi connectivity index (χ0v) is 11.6. The lowest BCUT2D eigenvalue weighted by molar-refractivity contribution is 0.152. The van der Waals surface area contributed by atoms with Gasteiger partial charge in [0.1, 0.15) is 0 Å². The van der Waals surface area contributed by atoms with Gasteiger partial charge in [-0.2, -0.15) is 0 Å². The van der Waals surface area contributed by atoms with E-state index in [1.165, 1.54) is 18.4 Å². The molecule has 2 N–H and O–H groups in total. The van der Waals surface area contributed by atoms with Crippen LogP contribution in [-0.4, -0.2) is 33.0 Å². The van der Waals surface area contributed by atoms with Crippen LogP contribution in [-0.2, 0) is 19.6 Å². The number of furan rings is 1. The zero-order valence-electron chi connectivity index (χ0n) is 11.6. The van der Waals surface area contributed by atoms with Gasteiger partial charge in [-0.3, -0.25) is 9.58 Å². The Morgan fingerprint density at radius 3 is 3.15 bits per heavy atom. The Hall–Kier alpha value is -1.66. The van der Waals surface area contributed by atoms with Crippen LogP contribution in [0, 0.1) is 5.92 Å². The van der Waals surface area contributed by atoms with Crippen LogP contribution in [0.2, 0.25) is 0 Å². The average molecular weight is 275 g/mol. The summed E-state index contributed by atoms with van der Waals surface area (Å²) in [5.74, 6) is 0.628. The van der Waals surface area contributed by atoms with Gasteiger partial charge >= 0.3 is 0 Å². The van der Waals surface area contributed by atoms with Crippen molar-refractivity contribution in [2.45, 2.75) is 32.5 Å². The molecule has 108 valence electrons. The van der Waals surface area contributed by atoms with Crippen LogP contribution in [0.15, 0.2) is 29.2 Å². The van der Waals surface area contributed by atoms with Gasteiger partial charge in [0.15, 0.2) is 0 Å². The molecule has 6 heteroatoms. The minimum Gasteiger partial charge on any atom is -0.472 e. The predicted molar refractivity (Wildman–Crippen MR) is 74.6 cm³/mol. The van der Waals surface area contributed by atoms with Gasteiger partial charge in [-0.15, -0.1) is 5.10 Å². The first-order valence-electron chi connectivity index (χ1n) is 7.16. The lowest BCUT2D eigenvalue weighted by Crippen LogP contribution is -2.36. The summed E-state index contributed by atoms with van der Waals surface area (Å²) in [4.78, 5) is 2.49. The van der Waals surface area contributed by atoms with E-state index in [0.29, 0.717) is 12.5 Å². The zero-order chi connectivity index (χ0) is 13.8. The molecule has 3 rings (SSSR count). The van der Waals surface area contributed by atoms with Crippen LogP contribution in [0.4, 0.5) is 0 Å². The Labute approximate surface area is 118 Å². The fraction of sp³-hybridized carbons (Fsp3) is 0.571. The fourth-order valence-electron chi connectivity index (χ4n) is 2.87. The second-order valence-corrected chi connectivity index (χ2v) is 5.51. The van der Waals surface area contributed by atoms with E-state index in [-0.39, 0.29) is 0 Å². The lowest BCUT2D eigenvalue weighted by Gasteiger charge is -2.32. The van der Waals surface area contributed by atoms with Crippen molar-refractivity contribution in [2.24, 2.45) is 11.7 Å². The van der Waals surface area contributed by atoms with E-state index in [4.69, 9.17) is 10.2 Å². The summed E-state index contributed by atoms with van der Waals surface area (Å²) >= 11 is 0. The third kappa shape index (κ3) is 3.26. The molecule has 1 saturated heterocycles. The van der Waals surface area contributed by atoms with Crippen molar-refractivity contribution in [2.75, 3.05) is 13.1 Å². The smallest absolute Gasteiger partial charge is 0.0962 e. The number of hydrogen-bond donors (Lipinski definition) is 1. The molecule has 0 saturated carbocycles. The maximum Gasteiger partial charge on any atom is 0.0962 e. The van der Waals surface area contributed by atoms with E-state index < -0.39 is 0 Å². The highest BCUT2D eigenvalue weighted by molar-refractivity contribution is 5.05. The van der Waals surface area contributed by atoms with Crippen LogP contribution >= 0.6 is 0 Å².